The first-order valence-electron chi connectivity index (χ1n) is 12.0. The van der Waals surface area contributed by atoms with Gasteiger partial charge in [0.05, 0.1) is 19.3 Å². The molecule has 5 rings (SSSR count). The van der Waals surface area contributed by atoms with E-state index in [2.05, 4.69) is 0 Å². The summed E-state index contributed by atoms with van der Waals surface area (Å²) in [7, 11) is 1.58. The second kappa shape index (κ2) is 10.5. The lowest BCUT2D eigenvalue weighted by molar-refractivity contribution is -0.119. The molecule has 37 heavy (non-hydrogen) atoms. The molecule has 0 aliphatic carbocycles. The number of ether oxygens (including phenoxy) is 1. The van der Waals surface area contributed by atoms with E-state index in [1.54, 1.807) is 58.2 Å². The van der Waals surface area contributed by atoms with E-state index in [1.807, 2.05) is 42.5 Å². The first-order valence-corrected chi connectivity index (χ1v) is 12.4. The summed E-state index contributed by atoms with van der Waals surface area (Å²) in [5.74, 6) is 0.147. The summed E-state index contributed by atoms with van der Waals surface area (Å²) in [6, 6.07) is 19.5. The maximum Gasteiger partial charge on any atom is 0.254 e. The van der Waals surface area contributed by atoms with Crippen molar-refractivity contribution in [2.45, 2.75) is 13.1 Å². The number of methoxy groups -OCH3 is 1. The van der Waals surface area contributed by atoms with Crippen molar-refractivity contribution in [2.75, 3.05) is 31.6 Å². The number of benzene rings is 3. The van der Waals surface area contributed by atoms with Crippen LogP contribution in [0.2, 0.25) is 5.02 Å². The van der Waals surface area contributed by atoms with Crippen molar-refractivity contribution < 1.29 is 19.1 Å². The van der Waals surface area contributed by atoms with Gasteiger partial charge in [0.1, 0.15) is 12.3 Å². The summed E-state index contributed by atoms with van der Waals surface area (Å²) in [5, 5.41) is 0.539. The number of carbonyl (C=O) groups is 3. The van der Waals surface area contributed by atoms with Gasteiger partial charge >= 0.3 is 0 Å². The molecule has 0 spiro atoms. The van der Waals surface area contributed by atoms with Gasteiger partial charge in [0.15, 0.2) is 0 Å². The summed E-state index contributed by atoms with van der Waals surface area (Å²) in [6.07, 6.45) is 3.95. The summed E-state index contributed by atoms with van der Waals surface area (Å²) in [6.45, 7) is 1.73. The van der Waals surface area contributed by atoms with E-state index in [4.69, 9.17) is 16.3 Å². The highest BCUT2D eigenvalue weighted by atomic mass is 35.5. The topological polar surface area (TPSA) is 70.2 Å². The molecule has 188 valence electrons. The van der Waals surface area contributed by atoms with Crippen LogP contribution in [0.15, 0.2) is 78.9 Å². The number of anilines is 1. The molecule has 3 amide bonds. The SMILES string of the molecule is COc1ccc2c(c1)N(Cc1ccc(C(=O)N3CC=CC3)cc1)C(=O)CN(C(=O)c1ccc(Cl)cc1)C2. The van der Waals surface area contributed by atoms with Crippen molar-refractivity contribution in [2.24, 2.45) is 0 Å². The van der Waals surface area contributed by atoms with Crippen LogP contribution in [-0.2, 0) is 17.9 Å². The number of hydrogen-bond donors (Lipinski definition) is 0. The van der Waals surface area contributed by atoms with Crippen LogP contribution in [0.1, 0.15) is 31.8 Å². The smallest absolute Gasteiger partial charge is 0.254 e. The minimum absolute atomic E-state index is 0.0196. The van der Waals surface area contributed by atoms with Crippen LogP contribution < -0.4 is 9.64 Å². The lowest BCUT2D eigenvalue weighted by Gasteiger charge is -2.24. The fourth-order valence-electron chi connectivity index (χ4n) is 4.55. The molecule has 0 saturated heterocycles. The number of fused-ring (bicyclic) bond motifs is 1. The molecule has 0 N–H and O–H groups in total. The minimum atomic E-state index is -0.243. The Balaban J connectivity index is 1.41. The van der Waals surface area contributed by atoms with Gasteiger partial charge in [0, 0.05) is 41.9 Å². The Morgan fingerprint density at radius 1 is 0.838 bits per heavy atom. The standard InChI is InChI=1S/C29H26ClN3O4/c1-37-25-13-10-23-18-32(29(36)22-8-11-24(30)12-9-22)19-27(34)33(26(23)16-25)17-20-4-6-21(7-5-20)28(35)31-14-2-3-15-31/h2-13,16H,14-15,17-19H2,1H3. The highest BCUT2D eigenvalue weighted by molar-refractivity contribution is 6.30. The van der Waals surface area contributed by atoms with E-state index in [0.717, 1.165) is 11.1 Å². The summed E-state index contributed by atoms with van der Waals surface area (Å²) < 4.78 is 5.42. The van der Waals surface area contributed by atoms with Gasteiger partial charge < -0.3 is 19.4 Å². The number of hydrogen-bond acceptors (Lipinski definition) is 4. The fraction of sp³-hybridized carbons (Fsp3) is 0.207. The molecule has 2 aliphatic rings. The maximum atomic E-state index is 13.5. The molecule has 0 fully saturated rings. The average molecular weight is 516 g/mol. The highest BCUT2D eigenvalue weighted by Crippen LogP contribution is 2.32. The van der Waals surface area contributed by atoms with Gasteiger partial charge in [0.25, 0.3) is 11.8 Å². The van der Waals surface area contributed by atoms with Crippen molar-refractivity contribution in [3.63, 3.8) is 0 Å². The molecule has 7 nitrogen and oxygen atoms in total. The Morgan fingerprint density at radius 2 is 1.46 bits per heavy atom. The summed E-state index contributed by atoms with van der Waals surface area (Å²) in [4.78, 5) is 44.5. The number of rotatable bonds is 5. The molecular weight excluding hydrogens is 490 g/mol. The van der Waals surface area contributed by atoms with Crippen LogP contribution in [0.3, 0.4) is 0 Å². The first-order chi connectivity index (χ1) is 17.9. The molecular formula is C29H26ClN3O4. The highest BCUT2D eigenvalue weighted by Gasteiger charge is 2.30. The predicted octanol–water partition coefficient (Wildman–Crippen LogP) is 4.55. The monoisotopic (exact) mass is 515 g/mol. The van der Waals surface area contributed by atoms with Crippen LogP contribution in [0.5, 0.6) is 5.75 Å². The van der Waals surface area contributed by atoms with Gasteiger partial charge in [-0.3, -0.25) is 14.4 Å². The molecule has 2 aliphatic heterocycles. The average Bonchev–Trinajstić information content (AvgIpc) is 3.42. The van der Waals surface area contributed by atoms with Crippen LogP contribution in [0.4, 0.5) is 5.69 Å². The molecule has 3 aromatic rings. The van der Waals surface area contributed by atoms with Gasteiger partial charge in [-0.15, -0.1) is 0 Å². The first kappa shape index (κ1) is 24.6. The summed E-state index contributed by atoms with van der Waals surface area (Å²) >= 11 is 5.98. The van der Waals surface area contributed by atoms with Crippen molar-refractivity contribution >= 4 is 35.0 Å². The van der Waals surface area contributed by atoms with Crippen LogP contribution >= 0.6 is 11.6 Å². The van der Waals surface area contributed by atoms with E-state index >= 15 is 0 Å². The van der Waals surface area contributed by atoms with Gasteiger partial charge in [0.2, 0.25) is 5.91 Å². The van der Waals surface area contributed by atoms with Gasteiger partial charge in [-0.1, -0.05) is 42.0 Å². The molecule has 3 aromatic carbocycles. The zero-order chi connectivity index (χ0) is 25.9. The third-order valence-electron chi connectivity index (χ3n) is 6.60. The zero-order valence-corrected chi connectivity index (χ0v) is 21.1. The van der Waals surface area contributed by atoms with E-state index in [9.17, 15) is 14.4 Å². The molecule has 8 heteroatoms. The fourth-order valence-corrected chi connectivity index (χ4v) is 4.68. The molecule has 0 unspecified atom stereocenters. The lowest BCUT2D eigenvalue weighted by atomic mass is 10.1. The van der Waals surface area contributed by atoms with Crippen molar-refractivity contribution in [1.82, 2.24) is 9.80 Å². The number of amides is 3. The number of nitrogens with zero attached hydrogens (tertiary/aromatic N) is 3. The number of halogens is 1. The van der Waals surface area contributed by atoms with E-state index in [0.29, 0.717) is 47.2 Å². The Hall–Kier alpha value is -4.10. The van der Waals surface area contributed by atoms with E-state index in [-0.39, 0.29) is 30.8 Å². The Kier molecular flexibility index (Phi) is 6.97. The van der Waals surface area contributed by atoms with E-state index in [1.165, 1.54) is 0 Å². The third kappa shape index (κ3) is 5.22. The largest absolute Gasteiger partial charge is 0.497 e. The predicted molar refractivity (Wildman–Crippen MR) is 142 cm³/mol. The molecule has 0 saturated carbocycles. The third-order valence-corrected chi connectivity index (χ3v) is 6.85. The maximum absolute atomic E-state index is 13.5. The van der Waals surface area contributed by atoms with Gasteiger partial charge in [-0.25, -0.2) is 0 Å². The Morgan fingerprint density at radius 3 is 2.11 bits per heavy atom. The normalized spacial score (nSPS) is 15.0. The minimum Gasteiger partial charge on any atom is -0.497 e. The van der Waals surface area contributed by atoms with Crippen LogP contribution in [0, 0.1) is 0 Å². The summed E-state index contributed by atoms with van der Waals surface area (Å²) in [5.41, 5.74) is 3.47. The Bertz CT molecular complexity index is 1360. The Labute approximate surface area is 220 Å². The van der Waals surface area contributed by atoms with Crippen molar-refractivity contribution in [3.8, 4) is 5.75 Å². The molecule has 0 radical (unpaired) electrons. The second-order valence-electron chi connectivity index (χ2n) is 9.02. The van der Waals surface area contributed by atoms with Crippen LogP contribution in [0.25, 0.3) is 0 Å². The number of carbonyl (C=O) groups excluding carboxylic acids is 3. The molecule has 0 atom stereocenters. The molecule has 0 aromatic heterocycles. The zero-order valence-electron chi connectivity index (χ0n) is 20.4. The lowest BCUT2D eigenvalue weighted by Crippen LogP contribution is -2.39. The van der Waals surface area contributed by atoms with Crippen molar-refractivity contribution in [3.05, 3.63) is 106 Å². The van der Waals surface area contributed by atoms with Gasteiger partial charge in [-0.05, 0) is 53.6 Å². The second-order valence-corrected chi connectivity index (χ2v) is 9.46. The van der Waals surface area contributed by atoms with E-state index < -0.39 is 0 Å². The quantitative estimate of drug-likeness (QED) is 0.467. The van der Waals surface area contributed by atoms with Crippen LogP contribution in [-0.4, -0.2) is 54.3 Å². The van der Waals surface area contributed by atoms with Gasteiger partial charge in [-0.2, -0.15) is 0 Å². The molecule has 0 bridgehead atoms. The van der Waals surface area contributed by atoms with Crippen molar-refractivity contribution in [1.29, 1.82) is 0 Å². The molecule has 2 heterocycles.